The largest absolute Gasteiger partial charge is 0.364 e. The fraction of sp³-hybridized carbons (Fsp3) is 0.235. The van der Waals surface area contributed by atoms with Crippen molar-refractivity contribution in [3.63, 3.8) is 0 Å². The van der Waals surface area contributed by atoms with Crippen LogP contribution >= 0.6 is 11.6 Å². The first kappa shape index (κ1) is 14.6. The Balaban J connectivity index is 2.14. The molecule has 2 nitrogen and oxygen atoms in total. The number of halogens is 1. The standard InChI is InChI=1S/C17H18ClNO/c1-3-19(16-9-7-13(2)8-10-16)12-17(20)14-5-4-6-15(18)11-14/h4-11H,3,12H2,1-2H3. The minimum atomic E-state index is 0.0786. The molecule has 0 amide bonds. The predicted molar refractivity (Wildman–Crippen MR) is 84.8 cm³/mol. The highest BCUT2D eigenvalue weighted by Gasteiger charge is 2.12. The zero-order valence-corrected chi connectivity index (χ0v) is 12.5. The fourth-order valence-electron chi connectivity index (χ4n) is 2.07. The van der Waals surface area contributed by atoms with E-state index in [1.165, 1.54) is 5.56 Å². The number of hydrogen-bond acceptors (Lipinski definition) is 2. The number of nitrogens with zero attached hydrogens (tertiary/aromatic N) is 1. The van der Waals surface area contributed by atoms with Crippen molar-refractivity contribution < 1.29 is 4.79 Å². The van der Waals surface area contributed by atoms with Gasteiger partial charge in [-0.1, -0.05) is 41.4 Å². The molecule has 0 spiro atoms. The molecule has 20 heavy (non-hydrogen) atoms. The molecule has 2 aromatic carbocycles. The summed E-state index contributed by atoms with van der Waals surface area (Å²) >= 11 is 5.93. The quantitative estimate of drug-likeness (QED) is 0.762. The lowest BCUT2D eigenvalue weighted by molar-refractivity contribution is 0.0999. The molecule has 0 aliphatic heterocycles. The van der Waals surface area contributed by atoms with Crippen molar-refractivity contribution in [2.24, 2.45) is 0 Å². The normalized spacial score (nSPS) is 10.3. The molecule has 0 fully saturated rings. The highest BCUT2D eigenvalue weighted by molar-refractivity contribution is 6.31. The molecule has 0 aromatic heterocycles. The second-order valence-electron chi connectivity index (χ2n) is 4.78. The van der Waals surface area contributed by atoms with Crippen LogP contribution in [0.25, 0.3) is 0 Å². The van der Waals surface area contributed by atoms with Crippen molar-refractivity contribution in [3.05, 3.63) is 64.7 Å². The molecule has 0 saturated heterocycles. The Morgan fingerprint density at radius 1 is 1.15 bits per heavy atom. The average Bonchev–Trinajstić information content (AvgIpc) is 2.45. The van der Waals surface area contributed by atoms with Gasteiger partial charge in [0.15, 0.2) is 5.78 Å². The smallest absolute Gasteiger partial charge is 0.182 e. The van der Waals surface area contributed by atoms with Crippen LogP contribution in [-0.2, 0) is 0 Å². The number of likely N-dealkylation sites (N-methyl/N-ethyl adjacent to an activating group) is 1. The highest BCUT2D eigenvalue weighted by atomic mass is 35.5. The Morgan fingerprint density at radius 3 is 2.45 bits per heavy atom. The number of ketones is 1. The summed E-state index contributed by atoms with van der Waals surface area (Å²) in [5.74, 6) is 0.0786. The molecule has 3 heteroatoms. The Hall–Kier alpha value is -1.80. The van der Waals surface area contributed by atoms with Gasteiger partial charge in [0.2, 0.25) is 0 Å². The van der Waals surface area contributed by atoms with Gasteiger partial charge in [-0.05, 0) is 38.1 Å². The van der Waals surface area contributed by atoms with Crippen LogP contribution in [-0.4, -0.2) is 18.9 Å². The molecule has 2 rings (SSSR count). The molecule has 0 atom stereocenters. The molecule has 0 bridgehead atoms. The van der Waals surface area contributed by atoms with Crippen molar-refractivity contribution in [2.75, 3.05) is 18.0 Å². The number of carbonyl (C=O) groups excluding carboxylic acids is 1. The molecule has 104 valence electrons. The highest BCUT2D eigenvalue weighted by Crippen LogP contribution is 2.17. The summed E-state index contributed by atoms with van der Waals surface area (Å²) < 4.78 is 0. The van der Waals surface area contributed by atoms with Gasteiger partial charge in [-0.2, -0.15) is 0 Å². The van der Waals surface area contributed by atoms with Gasteiger partial charge in [0, 0.05) is 22.8 Å². The van der Waals surface area contributed by atoms with Crippen LogP contribution in [0.2, 0.25) is 5.02 Å². The minimum Gasteiger partial charge on any atom is -0.364 e. The van der Waals surface area contributed by atoms with Crippen LogP contribution in [0.15, 0.2) is 48.5 Å². The first-order chi connectivity index (χ1) is 9.60. The number of benzene rings is 2. The zero-order chi connectivity index (χ0) is 14.5. The molecule has 0 heterocycles. The molecule has 2 aromatic rings. The topological polar surface area (TPSA) is 20.3 Å². The maximum atomic E-state index is 12.3. The van der Waals surface area contributed by atoms with Gasteiger partial charge < -0.3 is 4.90 Å². The summed E-state index contributed by atoms with van der Waals surface area (Å²) in [6.07, 6.45) is 0. The molecule has 0 aliphatic rings. The van der Waals surface area contributed by atoms with E-state index in [2.05, 4.69) is 24.0 Å². The van der Waals surface area contributed by atoms with E-state index in [9.17, 15) is 4.79 Å². The Kier molecular flexibility index (Phi) is 4.80. The number of hydrogen-bond donors (Lipinski definition) is 0. The number of aryl methyl sites for hydroxylation is 1. The van der Waals surface area contributed by atoms with E-state index in [-0.39, 0.29) is 5.78 Å². The van der Waals surface area contributed by atoms with Gasteiger partial charge in [0.05, 0.1) is 6.54 Å². The van der Waals surface area contributed by atoms with Crippen molar-refractivity contribution in [3.8, 4) is 0 Å². The predicted octanol–water partition coefficient (Wildman–Crippen LogP) is 4.36. The molecule has 0 saturated carbocycles. The lowest BCUT2D eigenvalue weighted by Crippen LogP contribution is -2.29. The Morgan fingerprint density at radius 2 is 1.85 bits per heavy atom. The van der Waals surface area contributed by atoms with Crippen LogP contribution in [0.1, 0.15) is 22.8 Å². The summed E-state index contributed by atoms with van der Waals surface area (Å²) in [5, 5.41) is 0.592. The molecule has 0 aliphatic carbocycles. The van der Waals surface area contributed by atoms with Gasteiger partial charge >= 0.3 is 0 Å². The van der Waals surface area contributed by atoms with E-state index in [0.29, 0.717) is 17.1 Å². The van der Waals surface area contributed by atoms with Crippen molar-refractivity contribution >= 4 is 23.1 Å². The van der Waals surface area contributed by atoms with Crippen molar-refractivity contribution in [1.29, 1.82) is 0 Å². The third kappa shape index (κ3) is 3.61. The van der Waals surface area contributed by atoms with E-state index in [0.717, 1.165) is 12.2 Å². The van der Waals surface area contributed by atoms with E-state index < -0.39 is 0 Å². The number of anilines is 1. The van der Waals surface area contributed by atoms with Crippen LogP contribution in [0.4, 0.5) is 5.69 Å². The lowest BCUT2D eigenvalue weighted by Gasteiger charge is -2.22. The van der Waals surface area contributed by atoms with Crippen LogP contribution in [0.5, 0.6) is 0 Å². The molecule has 0 radical (unpaired) electrons. The SMILES string of the molecule is CCN(CC(=O)c1cccc(Cl)c1)c1ccc(C)cc1. The zero-order valence-electron chi connectivity index (χ0n) is 11.8. The average molecular weight is 288 g/mol. The molecule has 0 N–H and O–H groups in total. The summed E-state index contributed by atoms with van der Waals surface area (Å²) in [7, 11) is 0. The van der Waals surface area contributed by atoms with E-state index >= 15 is 0 Å². The van der Waals surface area contributed by atoms with Crippen molar-refractivity contribution in [2.45, 2.75) is 13.8 Å². The van der Waals surface area contributed by atoms with Gasteiger partial charge in [0.1, 0.15) is 0 Å². The number of Topliss-reactive ketones (excluding diaryl/α,β-unsaturated/α-hetero) is 1. The fourth-order valence-corrected chi connectivity index (χ4v) is 2.26. The first-order valence-corrected chi connectivity index (χ1v) is 7.08. The Labute approximate surface area is 125 Å². The summed E-state index contributed by atoms with van der Waals surface area (Å²) in [4.78, 5) is 14.4. The third-order valence-electron chi connectivity index (χ3n) is 3.26. The van der Waals surface area contributed by atoms with Gasteiger partial charge in [-0.15, -0.1) is 0 Å². The number of carbonyl (C=O) groups is 1. The van der Waals surface area contributed by atoms with E-state index in [1.807, 2.05) is 19.1 Å². The molecular formula is C17H18ClNO. The summed E-state index contributed by atoms with van der Waals surface area (Å²) in [5.41, 5.74) is 2.93. The van der Waals surface area contributed by atoms with E-state index in [1.54, 1.807) is 24.3 Å². The summed E-state index contributed by atoms with van der Waals surface area (Å²) in [6.45, 7) is 5.25. The van der Waals surface area contributed by atoms with Crippen molar-refractivity contribution in [1.82, 2.24) is 0 Å². The lowest BCUT2D eigenvalue weighted by atomic mass is 10.1. The third-order valence-corrected chi connectivity index (χ3v) is 3.50. The van der Waals surface area contributed by atoms with Crippen LogP contribution in [0, 0.1) is 6.92 Å². The molecule has 0 unspecified atom stereocenters. The first-order valence-electron chi connectivity index (χ1n) is 6.70. The summed E-state index contributed by atoms with van der Waals surface area (Å²) in [6, 6.07) is 15.3. The monoisotopic (exact) mass is 287 g/mol. The Bertz CT molecular complexity index is 592. The maximum Gasteiger partial charge on any atom is 0.182 e. The van der Waals surface area contributed by atoms with E-state index in [4.69, 9.17) is 11.6 Å². The second kappa shape index (κ2) is 6.58. The molecular weight excluding hydrogens is 270 g/mol. The maximum absolute atomic E-state index is 12.3. The number of rotatable bonds is 5. The minimum absolute atomic E-state index is 0.0786. The van der Waals surface area contributed by atoms with Gasteiger partial charge in [-0.3, -0.25) is 4.79 Å². The van der Waals surface area contributed by atoms with Crippen LogP contribution < -0.4 is 4.90 Å². The van der Waals surface area contributed by atoms with Crippen LogP contribution in [0.3, 0.4) is 0 Å². The second-order valence-corrected chi connectivity index (χ2v) is 5.22. The van der Waals surface area contributed by atoms with Gasteiger partial charge in [-0.25, -0.2) is 0 Å². The van der Waals surface area contributed by atoms with Gasteiger partial charge in [0.25, 0.3) is 0 Å².